The highest BCUT2D eigenvalue weighted by atomic mass is 16.2. The first-order chi connectivity index (χ1) is 9.13. The lowest BCUT2D eigenvalue weighted by molar-refractivity contribution is -0.123. The van der Waals surface area contributed by atoms with Gasteiger partial charge in [0.05, 0.1) is 6.04 Å². The summed E-state index contributed by atoms with van der Waals surface area (Å²) in [4.78, 5) is 11.9. The van der Waals surface area contributed by atoms with E-state index in [1.807, 2.05) is 37.3 Å². The average Bonchev–Trinajstić information content (AvgIpc) is 2.40. The number of amides is 1. The lowest BCUT2D eigenvalue weighted by Crippen LogP contribution is -2.45. The SMILES string of the molecule is CC(CCCCN)NC(=O)C(N)Cc1ccccc1. The van der Waals surface area contributed by atoms with Crippen molar-refractivity contribution in [2.75, 3.05) is 6.54 Å². The highest BCUT2D eigenvalue weighted by Gasteiger charge is 2.15. The van der Waals surface area contributed by atoms with E-state index in [2.05, 4.69) is 5.32 Å². The summed E-state index contributed by atoms with van der Waals surface area (Å²) < 4.78 is 0. The molecule has 19 heavy (non-hydrogen) atoms. The maximum atomic E-state index is 11.9. The van der Waals surface area contributed by atoms with Crippen LogP contribution >= 0.6 is 0 Å². The summed E-state index contributed by atoms with van der Waals surface area (Å²) in [5.74, 6) is -0.0795. The van der Waals surface area contributed by atoms with Crippen molar-refractivity contribution in [2.24, 2.45) is 11.5 Å². The van der Waals surface area contributed by atoms with Gasteiger partial charge in [-0.1, -0.05) is 36.8 Å². The van der Waals surface area contributed by atoms with Crippen LogP contribution < -0.4 is 16.8 Å². The van der Waals surface area contributed by atoms with E-state index in [9.17, 15) is 4.79 Å². The predicted octanol–water partition coefficient (Wildman–Crippen LogP) is 1.19. The second-order valence-electron chi connectivity index (χ2n) is 4.99. The number of carbonyl (C=O) groups is 1. The van der Waals surface area contributed by atoms with Gasteiger partial charge >= 0.3 is 0 Å². The van der Waals surface area contributed by atoms with Gasteiger partial charge in [-0.15, -0.1) is 0 Å². The van der Waals surface area contributed by atoms with Gasteiger partial charge in [-0.25, -0.2) is 0 Å². The van der Waals surface area contributed by atoms with E-state index in [0.29, 0.717) is 13.0 Å². The van der Waals surface area contributed by atoms with Gasteiger partial charge < -0.3 is 16.8 Å². The van der Waals surface area contributed by atoms with Gasteiger partial charge in [0, 0.05) is 6.04 Å². The second kappa shape index (κ2) is 8.67. The van der Waals surface area contributed by atoms with Crippen molar-refractivity contribution in [1.82, 2.24) is 5.32 Å². The molecule has 1 rings (SSSR count). The minimum atomic E-state index is -0.487. The van der Waals surface area contributed by atoms with Crippen LogP contribution in [0.15, 0.2) is 30.3 Å². The standard InChI is InChI=1S/C15H25N3O/c1-12(7-5-6-10-16)18-15(19)14(17)11-13-8-3-2-4-9-13/h2-4,8-9,12,14H,5-7,10-11,16-17H2,1H3,(H,18,19). The first-order valence-corrected chi connectivity index (χ1v) is 6.93. The summed E-state index contributed by atoms with van der Waals surface area (Å²) in [6.07, 6.45) is 3.55. The van der Waals surface area contributed by atoms with Crippen molar-refractivity contribution in [3.63, 3.8) is 0 Å². The molecule has 0 heterocycles. The molecule has 106 valence electrons. The molecule has 5 N–H and O–H groups in total. The zero-order valence-electron chi connectivity index (χ0n) is 11.6. The van der Waals surface area contributed by atoms with E-state index in [4.69, 9.17) is 11.5 Å². The third-order valence-electron chi connectivity index (χ3n) is 3.12. The van der Waals surface area contributed by atoms with Crippen LogP contribution in [0.25, 0.3) is 0 Å². The number of hydrogen-bond donors (Lipinski definition) is 3. The zero-order valence-corrected chi connectivity index (χ0v) is 11.6. The van der Waals surface area contributed by atoms with Gasteiger partial charge in [-0.2, -0.15) is 0 Å². The van der Waals surface area contributed by atoms with Crippen LogP contribution in [0.4, 0.5) is 0 Å². The molecule has 4 heteroatoms. The smallest absolute Gasteiger partial charge is 0.237 e. The topological polar surface area (TPSA) is 81.1 Å². The van der Waals surface area contributed by atoms with Gasteiger partial charge in [0.2, 0.25) is 5.91 Å². The minimum absolute atomic E-state index is 0.0795. The summed E-state index contributed by atoms with van der Waals surface area (Å²) in [5.41, 5.74) is 12.4. The van der Waals surface area contributed by atoms with E-state index in [1.54, 1.807) is 0 Å². The normalized spacial score (nSPS) is 13.8. The average molecular weight is 263 g/mol. The molecule has 1 aromatic rings. The molecule has 0 aromatic heterocycles. The van der Waals surface area contributed by atoms with E-state index in [-0.39, 0.29) is 11.9 Å². The van der Waals surface area contributed by atoms with Crippen molar-refractivity contribution in [3.05, 3.63) is 35.9 Å². The van der Waals surface area contributed by atoms with Crippen LogP contribution in [-0.2, 0) is 11.2 Å². The van der Waals surface area contributed by atoms with E-state index in [1.165, 1.54) is 0 Å². The summed E-state index contributed by atoms with van der Waals surface area (Å²) in [5, 5.41) is 2.95. The Morgan fingerprint density at radius 3 is 2.58 bits per heavy atom. The molecule has 1 aromatic carbocycles. The Morgan fingerprint density at radius 1 is 1.26 bits per heavy atom. The maximum Gasteiger partial charge on any atom is 0.237 e. The fourth-order valence-electron chi connectivity index (χ4n) is 1.98. The zero-order chi connectivity index (χ0) is 14.1. The van der Waals surface area contributed by atoms with Gasteiger partial charge in [-0.3, -0.25) is 4.79 Å². The third-order valence-corrected chi connectivity index (χ3v) is 3.12. The van der Waals surface area contributed by atoms with Gasteiger partial charge in [-0.05, 0) is 38.3 Å². The maximum absolute atomic E-state index is 11.9. The molecule has 0 spiro atoms. The van der Waals surface area contributed by atoms with Crippen molar-refractivity contribution in [2.45, 2.75) is 44.7 Å². The van der Waals surface area contributed by atoms with Crippen LogP contribution in [-0.4, -0.2) is 24.5 Å². The number of nitrogens with two attached hydrogens (primary N) is 2. The molecule has 1 amide bonds. The molecule has 0 saturated carbocycles. The number of benzene rings is 1. The Bertz CT molecular complexity index is 367. The highest BCUT2D eigenvalue weighted by molar-refractivity contribution is 5.82. The fraction of sp³-hybridized carbons (Fsp3) is 0.533. The van der Waals surface area contributed by atoms with Gasteiger partial charge in [0.1, 0.15) is 0 Å². The van der Waals surface area contributed by atoms with E-state index < -0.39 is 6.04 Å². The predicted molar refractivity (Wildman–Crippen MR) is 78.6 cm³/mol. The molecule has 2 atom stereocenters. The number of nitrogens with one attached hydrogen (secondary N) is 1. The first-order valence-electron chi connectivity index (χ1n) is 6.93. The Balaban J connectivity index is 2.32. The minimum Gasteiger partial charge on any atom is -0.352 e. The number of rotatable bonds is 8. The van der Waals surface area contributed by atoms with Crippen molar-refractivity contribution >= 4 is 5.91 Å². The highest BCUT2D eigenvalue weighted by Crippen LogP contribution is 2.03. The Hall–Kier alpha value is -1.39. The van der Waals surface area contributed by atoms with Gasteiger partial charge in [0.25, 0.3) is 0 Å². The van der Waals surface area contributed by atoms with E-state index >= 15 is 0 Å². The Labute approximate surface area is 115 Å². The molecule has 0 fully saturated rings. The summed E-state index contributed by atoms with van der Waals surface area (Å²) in [6, 6.07) is 9.50. The molecule has 0 aliphatic carbocycles. The van der Waals surface area contributed by atoms with Crippen LogP contribution in [0.3, 0.4) is 0 Å². The molecule has 0 radical (unpaired) electrons. The van der Waals surface area contributed by atoms with Crippen molar-refractivity contribution in [1.29, 1.82) is 0 Å². The third kappa shape index (κ3) is 6.36. The largest absolute Gasteiger partial charge is 0.352 e. The summed E-state index contributed by atoms with van der Waals surface area (Å²) in [6.45, 7) is 2.71. The van der Waals surface area contributed by atoms with Crippen molar-refractivity contribution in [3.8, 4) is 0 Å². The van der Waals surface area contributed by atoms with E-state index in [0.717, 1.165) is 24.8 Å². The molecule has 0 aliphatic heterocycles. The Kier molecular flexibility index (Phi) is 7.15. The number of hydrogen-bond acceptors (Lipinski definition) is 3. The van der Waals surface area contributed by atoms with Crippen molar-refractivity contribution < 1.29 is 4.79 Å². The monoisotopic (exact) mass is 263 g/mol. The number of unbranched alkanes of at least 4 members (excludes halogenated alkanes) is 1. The Morgan fingerprint density at radius 2 is 1.95 bits per heavy atom. The molecule has 0 aliphatic rings. The summed E-state index contributed by atoms with van der Waals surface area (Å²) >= 11 is 0. The second-order valence-corrected chi connectivity index (χ2v) is 4.99. The fourth-order valence-corrected chi connectivity index (χ4v) is 1.98. The lowest BCUT2D eigenvalue weighted by atomic mass is 10.1. The molecular formula is C15H25N3O. The van der Waals surface area contributed by atoms with Crippen LogP contribution in [0, 0.1) is 0 Å². The molecule has 0 saturated heterocycles. The quantitative estimate of drug-likeness (QED) is 0.616. The molecule has 2 unspecified atom stereocenters. The summed E-state index contributed by atoms with van der Waals surface area (Å²) in [7, 11) is 0. The first kappa shape index (κ1) is 15.7. The molecular weight excluding hydrogens is 238 g/mol. The number of carbonyl (C=O) groups excluding carboxylic acids is 1. The molecule has 0 bridgehead atoms. The molecule has 4 nitrogen and oxygen atoms in total. The van der Waals surface area contributed by atoms with Gasteiger partial charge in [0.15, 0.2) is 0 Å². The van der Waals surface area contributed by atoms with Crippen LogP contribution in [0.1, 0.15) is 31.7 Å². The lowest BCUT2D eigenvalue weighted by Gasteiger charge is -2.17. The van der Waals surface area contributed by atoms with Crippen LogP contribution in [0.5, 0.6) is 0 Å². The van der Waals surface area contributed by atoms with Crippen LogP contribution in [0.2, 0.25) is 0 Å².